The lowest BCUT2D eigenvalue weighted by Gasteiger charge is -2.06. The third-order valence-electron chi connectivity index (χ3n) is 3.00. The summed E-state index contributed by atoms with van der Waals surface area (Å²) >= 11 is 1.15. The predicted octanol–water partition coefficient (Wildman–Crippen LogP) is 2.10. The number of aromatic carboxylic acids is 1. The number of thiophene rings is 1. The Hall–Kier alpha value is -2.61. The van der Waals surface area contributed by atoms with E-state index >= 15 is 0 Å². The number of aromatic nitrogens is 4. The quantitative estimate of drug-likeness (QED) is 0.761. The zero-order valence-corrected chi connectivity index (χ0v) is 11.9. The summed E-state index contributed by atoms with van der Waals surface area (Å²) in [7, 11) is 0. The summed E-state index contributed by atoms with van der Waals surface area (Å²) in [5.74, 6) is -0.336. The van der Waals surface area contributed by atoms with Gasteiger partial charge in [-0.1, -0.05) is 0 Å². The Morgan fingerprint density at radius 1 is 1.33 bits per heavy atom. The van der Waals surface area contributed by atoms with Gasteiger partial charge < -0.3 is 10.4 Å². The number of aryl methyl sites for hydroxylation is 1. The molecule has 3 aromatic heterocycles. The Labute approximate surface area is 123 Å². The highest BCUT2D eigenvalue weighted by Crippen LogP contribution is 2.33. The van der Waals surface area contributed by atoms with Crippen molar-refractivity contribution in [2.75, 3.05) is 5.32 Å². The van der Waals surface area contributed by atoms with Crippen LogP contribution in [0, 0.1) is 6.92 Å². The fraction of sp³-hybridized carbons (Fsp3) is 0.154. The molecular formula is C13H11N5O2S. The standard InChI is InChI=1S/C13H11N5O2S/c1-7-9-11(15-4-8-2-3-14-5-16-8)17-6-18-12(9)21-10(7)13(19)20/h2-3,5-6H,4H2,1H3,(H,19,20)(H,15,17,18). The summed E-state index contributed by atoms with van der Waals surface area (Å²) in [6.07, 6.45) is 4.56. The lowest BCUT2D eigenvalue weighted by Crippen LogP contribution is -2.04. The maximum absolute atomic E-state index is 11.2. The lowest BCUT2D eigenvalue weighted by atomic mass is 10.2. The SMILES string of the molecule is Cc1c(C(=O)O)sc2ncnc(NCc3ccncn3)c12. The summed E-state index contributed by atoms with van der Waals surface area (Å²) in [6, 6.07) is 1.80. The van der Waals surface area contributed by atoms with Gasteiger partial charge in [0.1, 0.15) is 28.2 Å². The molecule has 0 saturated heterocycles. The summed E-state index contributed by atoms with van der Waals surface area (Å²) in [6.45, 7) is 2.24. The molecule has 7 nitrogen and oxygen atoms in total. The summed E-state index contributed by atoms with van der Waals surface area (Å²) in [5, 5.41) is 13.1. The molecule has 0 aliphatic carbocycles. The highest BCUT2D eigenvalue weighted by molar-refractivity contribution is 7.20. The van der Waals surface area contributed by atoms with Crippen molar-refractivity contribution in [3.05, 3.63) is 41.1 Å². The van der Waals surface area contributed by atoms with E-state index in [2.05, 4.69) is 25.3 Å². The van der Waals surface area contributed by atoms with Crippen molar-refractivity contribution in [2.24, 2.45) is 0 Å². The summed E-state index contributed by atoms with van der Waals surface area (Å²) in [5.41, 5.74) is 1.50. The molecule has 3 rings (SSSR count). The van der Waals surface area contributed by atoms with Gasteiger partial charge in [-0.3, -0.25) is 0 Å². The number of rotatable bonds is 4. The second-order valence-corrected chi connectivity index (χ2v) is 5.32. The van der Waals surface area contributed by atoms with Crippen LogP contribution in [0.5, 0.6) is 0 Å². The molecule has 2 N–H and O–H groups in total. The van der Waals surface area contributed by atoms with E-state index in [0.717, 1.165) is 22.4 Å². The molecule has 0 saturated carbocycles. The molecule has 0 radical (unpaired) electrons. The average Bonchev–Trinajstić information content (AvgIpc) is 2.84. The number of carbonyl (C=O) groups is 1. The Morgan fingerprint density at radius 3 is 2.90 bits per heavy atom. The third kappa shape index (κ3) is 2.52. The van der Waals surface area contributed by atoms with Gasteiger partial charge in [-0.15, -0.1) is 11.3 Å². The number of hydrogen-bond donors (Lipinski definition) is 2. The zero-order valence-electron chi connectivity index (χ0n) is 11.1. The molecule has 0 spiro atoms. The molecule has 106 valence electrons. The second-order valence-electron chi connectivity index (χ2n) is 4.32. The van der Waals surface area contributed by atoms with Gasteiger partial charge in [0, 0.05) is 6.20 Å². The topological polar surface area (TPSA) is 101 Å². The largest absolute Gasteiger partial charge is 0.477 e. The van der Waals surface area contributed by atoms with Gasteiger partial charge in [0.15, 0.2) is 0 Å². The predicted molar refractivity (Wildman–Crippen MR) is 78.5 cm³/mol. The van der Waals surface area contributed by atoms with E-state index in [9.17, 15) is 9.90 Å². The van der Waals surface area contributed by atoms with E-state index < -0.39 is 5.97 Å². The van der Waals surface area contributed by atoms with Crippen LogP contribution < -0.4 is 5.32 Å². The minimum atomic E-state index is -0.947. The number of hydrogen-bond acceptors (Lipinski definition) is 7. The smallest absolute Gasteiger partial charge is 0.346 e. The van der Waals surface area contributed by atoms with Gasteiger partial charge in [-0.25, -0.2) is 24.7 Å². The van der Waals surface area contributed by atoms with Gasteiger partial charge in [0.2, 0.25) is 0 Å². The average molecular weight is 301 g/mol. The molecule has 0 aliphatic rings. The van der Waals surface area contributed by atoms with Crippen LogP contribution in [0.25, 0.3) is 10.2 Å². The number of carboxylic acids is 1. The van der Waals surface area contributed by atoms with Gasteiger partial charge >= 0.3 is 5.97 Å². The van der Waals surface area contributed by atoms with Crippen molar-refractivity contribution in [1.82, 2.24) is 19.9 Å². The van der Waals surface area contributed by atoms with Crippen LogP contribution >= 0.6 is 11.3 Å². The van der Waals surface area contributed by atoms with Crippen molar-refractivity contribution in [3.8, 4) is 0 Å². The molecule has 0 atom stereocenters. The lowest BCUT2D eigenvalue weighted by molar-refractivity contribution is 0.0701. The van der Waals surface area contributed by atoms with Crippen LogP contribution in [-0.4, -0.2) is 31.0 Å². The Morgan fingerprint density at radius 2 is 2.19 bits per heavy atom. The highest BCUT2D eigenvalue weighted by Gasteiger charge is 2.18. The van der Waals surface area contributed by atoms with E-state index in [4.69, 9.17) is 0 Å². The van der Waals surface area contributed by atoms with Crippen molar-refractivity contribution in [1.29, 1.82) is 0 Å². The van der Waals surface area contributed by atoms with Crippen LogP contribution in [0.3, 0.4) is 0 Å². The molecule has 3 heterocycles. The Kier molecular flexibility index (Phi) is 3.44. The van der Waals surface area contributed by atoms with E-state index in [0.29, 0.717) is 22.8 Å². The number of anilines is 1. The minimum absolute atomic E-state index is 0.288. The number of nitrogens with zero attached hydrogens (tertiary/aromatic N) is 4. The highest BCUT2D eigenvalue weighted by atomic mass is 32.1. The first kappa shape index (κ1) is 13.4. The third-order valence-corrected chi connectivity index (χ3v) is 4.19. The molecule has 0 aliphatic heterocycles. The van der Waals surface area contributed by atoms with Gasteiger partial charge in [0.25, 0.3) is 0 Å². The molecule has 0 aromatic carbocycles. The van der Waals surface area contributed by atoms with E-state index in [1.165, 1.54) is 12.7 Å². The maximum atomic E-state index is 11.2. The monoisotopic (exact) mass is 301 g/mol. The van der Waals surface area contributed by atoms with Crippen molar-refractivity contribution in [3.63, 3.8) is 0 Å². The number of carboxylic acid groups (broad SMARTS) is 1. The van der Waals surface area contributed by atoms with Crippen molar-refractivity contribution < 1.29 is 9.90 Å². The van der Waals surface area contributed by atoms with Crippen molar-refractivity contribution >= 4 is 33.3 Å². The maximum Gasteiger partial charge on any atom is 0.346 e. The minimum Gasteiger partial charge on any atom is -0.477 e. The molecule has 0 fully saturated rings. The Bertz CT molecular complexity index is 803. The molecule has 8 heteroatoms. The molecular weight excluding hydrogens is 290 g/mol. The van der Waals surface area contributed by atoms with Crippen LogP contribution in [0.2, 0.25) is 0 Å². The van der Waals surface area contributed by atoms with Gasteiger partial charge in [0.05, 0.1) is 17.6 Å². The second kappa shape index (κ2) is 5.41. The summed E-state index contributed by atoms with van der Waals surface area (Å²) < 4.78 is 0. The fourth-order valence-corrected chi connectivity index (χ4v) is 2.99. The van der Waals surface area contributed by atoms with E-state index in [1.807, 2.05) is 0 Å². The first-order valence-corrected chi connectivity index (χ1v) is 6.94. The van der Waals surface area contributed by atoms with E-state index in [-0.39, 0.29) is 4.88 Å². The number of nitrogens with one attached hydrogen (secondary N) is 1. The molecule has 0 bridgehead atoms. The van der Waals surface area contributed by atoms with Crippen LogP contribution in [0.1, 0.15) is 20.9 Å². The van der Waals surface area contributed by atoms with Crippen LogP contribution in [0.15, 0.2) is 24.9 Å². The zero-order chi connectivity index (χ0) is 14.8. The van der Waals surface area contributed by atoms with E-state index in [1.54, 1.807) is 19.2 Å². The number of fused-ring (bicyclic) bond motifs is 1. The molecule has 21 heavy (non-hydrogen) atoms. The molecule has 3 aromatic rings. The van der Waals surface area contributed by atoms with Crippen LogP contribution in [0.4, 0.5) is 5.82 Å². The van der Waals surface area contributed by atoms with Gasteiger partial charge in [-0.2, -0.15) is 0 Å². The Balaban J connectivity index is 1.97. The normalized spacial score (nSPS) is 10.7. The van der Waals surface area contributed by atoms with Crippen molar-refractivity contribution in [2.45, 2.75) is 13.5 Å². The molecule has 0 amide bonds. The first-order valence-electron chi connectivity index (χ1n) is 6.13. The molecule has 0 unspecified atom stereocenters. The first-order chi connectivity index (χ1) is 10.2. The van der Waals surface area contributed by atoms with Crippen LogP contribution in [-0.2, 0) is 6.54 Å². The summed E-state index contributed by atoms with van der Waals surface area (Å²) in [4.78, 5) is 28.5. The fourth-order valence-electron chi connectivity index (χ4n) is 2.01. The van der Waals surface area contributed by atoms with Gasteiger partial charge in [-0.05, 0) is 18.6 Å².